The average Bonchev–Trinajstić information content (AvgIpc) is 2.22. The van der Waals surface area contributed by atoms with E-state index in [0.717, 1.165) is 26.2 Å². The average molecular weight is 270 g/mol. The number of nitrogens with zero attached hydrogens (tertiary/aromatic N) is 1. The first-order valence-electron chi connectivity index (χ1n) is 5.33. The van der Waals surface area contributed by atoms with Crippen molar-refractivity contribution in [1.29, 1.82) is 0 Å². The van der Waals surface area contributed by atoms with Crippen molar-refractivity contribution in [2.45, 2.75) is 19.6 Å². The highest BCUT2D eigenvalue weighted by Gasteiger charge is 2.16. The van der Waals surface area contributed by atoms with Crippen molar-refractivity contribution in [2.75, 3.05) is 19.7 Å². The summed E-state index contributed by atoms with van der Waals surface area (Å²) in [6.45, 7) is 6.06. The van der Waals surface area contributed by atoms with Crippen molar-refractivity contribution in [3.63, 3.8) is 0 Å². The van der Waals surface area contributed by atoms with E-state index in [1.54, 1.807) is 0 Å². The molecule has 0 spiro atoms. The Labute approximate surface area is 99.4 Å². The van der Waals surface area contributed by atoms with Gasteiger partial charge in [-0.2, -0.15) is 0 Å². The van der Waals surface area contributed by atoms with Crippen molar-refractivity contribution in [2.24, 2.45) is 0 Å². The Morgan fingerprint density at radius 3 is 3.00 bits per heavy atom. The molecule has 0 amide bonds. The van der Waals surface area contributed by atoms with Gasteiger partial charge in [-0.15, -0.1) is 0 Å². The maximum absolute atomic E-state index is 5.52. The first-order valence-corrected chi connectivity index (χ1v) is 6.12. The van der Waals surface area contributed by atoms with Crippen molar-refractivity contribution in [3.05, 3.63) is 34.3 Å². The molecule has 1 heterocycles. The van der Waals surface area contributed by atoms with Crippen molar-refractivity contribution >= 4 is 15.9 Å². The Hall–Kier alpha value is -0.380. The first-order chi connectivity index (χ1) is 7.25. The second-order valence-corrected chi connectivity index (χ2v) is 4.86. The van der Waals surface area contributed by atoms with Crippen LogP contribution in [0.2, 0.25) is 0 Å². The van der Waals surface area contributed by atoms with Crippen LogP contribution in [0.1, 0.15) is 12.5 Å². The zero-order valence-corrected chi connectivity index (χ0v) is 10.5. The van der Waals surface area contributed by atoms with E-state index in [0.29, 0.717) is 6.10 Å². The van der Waals surface area contributed by atoms with Crippen molar-refractivity contribution < 1.29 is 4.74 Å². The van der Waals surface area contributed by atoms with E-state index >= 15 is 0 Å². The van der Waals surface area contributed by atoms with Crippen LogP contribution in [0.3, 0.4) is 0 Å². The summed E-state index contributed by atoms with van der Waals surface area (Å²) in [4.78, 5) is 2.44. The monoisotopic (exact) mass is 269 g/mol. The van der Waals surface area contributed by atoms with E-state index in [2.05, 4.69) is 52.0 Å². The van der Waals surface area contributed by atoms with E-state index in [4.69, 9.17) is 4.74 Å². The molecule has 0 saturated carbocycles. The smallest absolute Gasteiger partial charge is 0.0674 e. The molecule has 0 aliphatic carbocycles. The molecule has 82 valence electrons. The standard InChI is InChI=1S/C12H16BrNO/c1-10-8-14(6-7-15-10)9-11-4-2-3-5-12(11)13/h2-5,10H,6-9H2,1H3. The Balaban J connectivity index is 1.99. The lowest BCUT2D eigenvalue weighted by Gasteiger charge is -2.31. The zero-order valence-electron chi connectivity index (χ0n) is 8.95. The third-order valence-electron chi connectivity index (χ3n) is 2.68. The van der Waals surface area contributed by atoms with Gasteiger partial charge in [-0.1, -0.05) is 34.1 Å². The summed E-state index contributed by atoms with van der Waals surface area (Å²) in [5, 5.41) is 0. The third kappa shape index (κ3) is 3.03. The molecule has 1 atom stereocenters. The SMILES string of the molecule is CC1CN(Cc2ccccc2Br)CCO1. The molecule has 3 heteroatoms. The molecule has 1 aliphatic rings. The molecule has 2 rings (SSSR count). The zero-order chi connectivity index (χ0) is 10.7. The van der Waals surface area contributed by atoms with E-state index in [1.807, 2.05) is 0 Å². The molecule has 1 aliphatic heterocycles. The number of rotatable bonds is 2. The lowest BCUT2D eigenvalue weighted by Crippen LogP contribution is -2.40. The largest absolute Gasteiger partial charge is 0.376 e. The molecule has 1 unspecified atom stereocenters. The fourth-order valence-corrected chi connectivity index (χ4v) is 2.31. The van der Waals surface area contributed by atoms with Gasteiger partial charge in [0, 0.05) is 24.1 Å². The number of hydrogen-bond acceptors (Lipinski definition) is 2. The highest BCUT2D eigenvalue weighted by atomic mass is 79.9. The Morgan fingerprint density at radius 1 is 1.47 bits per heavy atom. The summed E-state index contributed by atoms with van der Waals surface area (Å²) in [5.74, 6) is 0. The van der Waals surface area contributed by atoms with E-state index in [-0.39, 0.29) is 0 Å². The predicted molar refractivity (Wildman–Crippen MR) is 64.8 cm³/mol. The molecule has 0 bridgehead atoms. The van der Waals surface area contributed by atoms with Crippen LogP contribution < -0.4 is 0 Å². The van der Waals surface area contributed by atoms with Crippen LogP contribution in [-0.2, 0) is 11.3 Å². The van der Waals surface area contributed by atoms with Gasteiger partial charge in [0.2, 0.25) is 0 Å². The minimum absolute atomic E-state index is 0.362. The predicted octanol–water partition coefficient (Wildman–Crippen LogP) is 2.67. The van der Waals surface area contributed by atoms with Crippen LogP contribution in [0.25, 0.3) is 0 Å². The molecule has 1 aromatic rings. The summed E-state index contributed by atoms with van der Waals surface area (Å²) in [6, 6.07) is 8.41. The normalized spacial score (nSPS) is 22.9. The maximum atomic E-state index is 5.52. The van der Waals surface area contributed by atoms with E-state index in [9.17, 15) is 0 Å². The molecule has 0 aromatic heterocycles. The van der Waals surface area contributed by atoms with Gasteiger partial charge in [0.1, 0.15) is 0 Å². The van der Waals surface area contributed by atoms with Gasteiger partial charge in [0.25, 0.3) is 0 Å². The summed E-state index contributed by atoms with van der Waals surface area (Å²) < 4.78 is 6.72. The number of hydrogen-bond donors (Lipinski definition) is 0. The van der Waals surface area contributed by atoms with Gasteiger partial charge >= 0.3 is 0 Å². The fourth-order valence-electron chi connectivity index (χ4n) is 1.90. The Kier molecular flexibility index (Phi) is 3.78. The number of benzene rings is 1. The summed E-state index contributed by atoms with van der Waals surface area (Å²) >= 11 is 3.58. The van der Waals surface area contributed by atoms with Gasteiger partial charge in [0.05, 0.1) is 12.7 Å². The van der Waals surface area contributed by atoms with Crippen LogP contribution in [0, 0.1) is 0 Å². The Morgan fingerprint density at radius 2 is 2.27 bits per heavy atom. The van der Waals surface area contributed by atoms with Crippen LogP contribution >= 0.6 is 15.9 Å². The van der Waals surface area contributed by atoms with Gasteiger partial charge in [-0.05, 0) is 18.6 Å². The maximum Gasteiger partial charge on any atom is 0.0674 e. The minimum atomic E-state index is 0.362. The second-order valence-electron chi connectivity index (χ2n) is 4.01. The van der Waals surface area contributed by atoms with Crippen LogP contribution in [0.15, 0.2) is 28.7 Å². The molecule has 1 fully saturated rings. The van der Waals surface area contributed by atoms with E-state index < -0.39 is 0 Å². The van der Waals surface area contributed by atoms with Crippen molar-refractivity contribution in [1.82, 2.24) is 4.90 Å². The lowest BCUT2D eigenvalue weighted by atomic mass is 10.2. The fraction of sp³-hybridized carbons (Fsp3) is 0.500. The topological polar surface area (TPSA) is 12.5 Å². The second kappa shape index (κ2) is 5.10. The third-order valence-corrected chi connectivity index (χ3v) is 3.45. The number of halogens is 1. The van der Waals surface area contributed by atoms with Gasteiger partial charge in [0.15, 0.2) is 0 Å². The molecular weight excluding hydrogens is 254 g/mol. The molecule has 15 heavy (non-hydrogen) atoms. The van der Waals surface area contributed by atoms with Gasteiger partial charge in [-0.25, -0.2) is 0 Å². The molecule has 1 aromatic carbocycles. The quantitative estimate of drug-likeness (QED) is 0.819. The van der Waals surface area contributed by atoms with Crippen LogP contribution in [-0.4, -0.2) is 30.7 Å². The summed E-state index contributed by atoms with van der Waals surface area (Å²) in [7, 11) is 0. The van der Waals surface area contributed by atoms with Crippen LogP contribution in [0.5, 0.6) is 0 Å². The molecular formula is C12H16BrNO. The molecule has 0 radical (unpaired) electrons. The van der Waals surface area contributed by atoms with E-state index in [1.165, 1.54) is 10.0 Å². The first kappa shape index (κ1) is 11.1. The van der Waals surface area contributed by atoms with Gasteiger partial charge < -0.3 is 4.74 Å². The van der Waals surface area contributed by atoms with Crippen molar-refractivity contribution in [3.8, 4) is 0 Å². The Bertz CT molecular complexity index is 329. The lowest BCUT2D eigenvalue weighted by molar-refractivity contribution is -0.0212. The summed E-state index contributed by atoms with van der Waals surface area (Å²) in [5.41, 5.74) is 1.35. The number of ether oxygens (including phenoxy) is 1. The number of morpholine rings is 1. The highest BCUT2D eigenvalue weighted by molar-refractivity contribution is 9.10. The van der Waals surface area contributed by atoms with Gasteiger partial charge in [-0.3, -0.25) is 4.90 Å². The summed E-state index contributed by atoms with van der Waals surface area (Å²) in [6.07, 6.45) is 0.362. The molecule has 1 saturated heterocycles. The minimum Gasteiger partial charge on any atom is -0.376 e. The highest BCUT2D eigenvalue weighted by Crippen LogP contribution is 2.18. The van der Waals surface area contributed by atoms with Crippen LogP contribution in [0.4, 0.5) is 0 Å². The molecule has 2 nitrogen and oxygen atoms in total. The molecule has 0 N–H and O–H groups in total.